The second kappa shape index (κ2) is 11.7. The van der Waals surface area contributed by atoms with Gasteiger partial charge in [-0.3, -0.25) is 9.89 Å². The van der Waals surface area contributed by atoms with Crippen molar-refractivity contribution in [1.82, 2.24) is 15.5 Å². The van der Waals surface area contributed by atoms with Crippen molar-refractivity contribution in [2.24, 2.45) is 4.99 Å². The summed E-state index contributed by atoms with van der Waals surface area (Å²) in [6.45, 7) is 10.1. The zero-order valence-electron chi connectivity index (χ0n) is 16.4. The van der Waals surface area contributed by atoms with E-state index in [1.165, 1.54) is 11.1 Å². The molecule has 6 nitrogen and oxygen atoms in total. The van der Waals surface area contributed by atoms with Gasteiger partial charge in [0.2, 0.25) is 0 Å². The Labute approximate surface area is 174 Å². The largest absolute Gasteiger partial charge is 0.379 e. The second-order valence-corrected chi connectivity index (χ2v) is 6.90. The van der Waals surface area contributed by atoms with E-state index < -0.39 is 0 Å². The molecule has 7 heteroatoms. The maximum atomic E-state index is 5.44. The highest BCUT2D eigenvalue weighted by Crippen LogP contribution is 2.13. The van der Waals surface area contributed by atoms with Gasteiger partial charge in [-0.2, -0.15) is 0 Å². The second-order valence-electron chi connectivity index (χ2n) is 6.90. The van der Waals surface area contributed by atoms with Crippen molar-refractivity contribution in [3.8, 4) is 0 Å². The van der Waals surface area contributed by atoms with Gasteiger partial charge < -0.3 is 20.1 Å². The molecule has 0 aliphatic carbocycles. The average Bonchev–Trinajstić information content (AvgIpc) is 2.64. The first-order valence-corrected chi connectivity index (χ1v) is 8.90. The molecule has 1 heterocycles. The molecule has 0 amide bonds. The number of guanidine groups is 1. The van der Waals surface area contributed by atoms with E-state index >= 15 is 0 Å². The van der Waals surface area contributed by atoms with Gasteiger partial charge in [0.05, 0.1) is 18.8 Å². The number of hydrogen-bond donors (Lipinski definition) is 2. The molecule has 0 radical (unpaired) electrons. The molecule has 1 aliphatic heterocycles. The number of aliphatic imine (C=N–C) groups is 1. The van der Waals surface area contributed by atoms with E-state index in [0.717, 1.165) is 45.4 Å². The number of methoxy groups -OCH3 is 1. The van der Waals surface area contributed by atoms with Crippen LogP contribution in [0.5, 0.6) is 0 Å². The maximum Gasteiger partial charge on any atom is 0.191 e. The van der Waals surface area contributed by atoms with Crippen LogP contribution < -0.4 is 10.6 Å². The lowest BCUT2D eigenvalue weighted by Gasteiger charge is -2.27. The van der Waals surface area contributed by atoms with Crippen LogP contribution in [0.15, 0.2) is 29.3 Å². The van der Waals surface area contributed by atoms with E-state index in [-0.39, 0.29) is 29.6 Å². The van der Waals surface area contributed by atoms with E-state index in [0.29, 0.717) is 6.54 Å². The molecule has 0 spiro atoms. The highest BCUT2D eigenvalue weighted by Gasteiger charge is 2.17. The summed E-state index contributed by atoms with van der Waals surface area (Å²) in [5.74, 6) is 0.784. The minimum Gasteiger partial charge on any atom is -0.379 e. The van der Waals surface area contributed by atoms with Crippen molar-refractivity contribution >= 4 is 29.9 Å². The molecule has 1 aromatic carbocycles. The molecule has 1 aromatic rings. The van der Waals surface area contributed by atoms with E-state index in [2.05, 4.69) is 44.8 Å². The van der Waals surface area contributed by atoms with Crippen LogP contribution in [-0.2, 0) is 22.6 Å². The van der Waals surface area contributed by atoms with Gasteiger partial charge in [0.1, 0.15) is 0 Å². The molecule has 0 atom stereocenters. The Morgan fingerprint density at radius 2 is 1.85 bits per heavy atom. The van der Waals surface area contributed by atoms with E-state index in [4.69, 9.17) is 9.47 Å². The summed E-state index contributed by atoms with van der Waals surface area (Å²) in [7, 11) is 3.51. The molecule has 2 rings (SSSR count). The maximum absolute atomic E-state index is 5.44. The molecule has 148 valence electrons. The smallest absolute Gasteiger partial charge is 0.191 e. The third-order valence-corrected chi connectivity index (χ3v) is 4.52. The number of benzene rings is 1. The summed E-state index contributed by atoms with van der Waals surface area (Å²) in [5.41, 5.74) is 2.42. The summed E-state index contributed by atoms with van der Waals surface area (Å²) in [5, 5.41) is 6.72. The Morgan fingerprint density at radius 1 is 1.19 bits per heavy atom. The zero-order valence-corrected chi connectivity index (χ0v) is 18.7. The van der Waals surface area contributed by atoms with E-state index in [1.807, 2.05) is 13.8 Å². The number of halogens is 1. The van der Waals surface area contributed by atoms with Crippen molar-refractivity contribution in [2.45, 2.75) is 32.5 Å². The first-order valence-electron chi connectivity index (χ1n) is 8.90. The summed E-state index contributed by atoms with van der Waals surface area (Å²) >= 11 is 0. The standard InChI is InChI=1S/C19H32N4O2.HI/c1-19(2,24-4)15-22-18(20-3)21-13-16-7-5-6-8-17(16)14-23-9-11-25-12-10-23;/h5-8H,9-15H2,1-4H3,(H2,20,21,22);1H. The van der Waals surface area contributed by atoms with Crippen LogP contribution in [0.1, 0.15) is 25.0 Å². The highest BCUT2D eigenvalue weighted by molar-refractivity contribution is 14.0. The Kier molecular flexibility index (Phi) is 10.4. The van der Waals surface area contributed by atoms with Gasteiger partial charge in [0.25, 0.3) is 0 Å². The normalized spacial score (nSPS) is 16.1. The first-order chi connectivity index (χ1) is 12.0. The Morgan fingerprint density at radius 3 is 2.46 bits per heavy atom. The number of nitrogens with one attached hydrogen (secondary N) is 2. The van der Waals surface area contributed by atoms with Gasteiger partial charge in [0, 0.05) is 46.9 Å². The van der Waals surface area contributed by atoms with Gasteiger partial charge in [-0.15, -0.1) is 24.0 Å². The minimum atomic E-state index is -0.230. The predicted octanol–water partition coefficient (Wildman–Crippen LogP) is 2.23. The first kappa shape index (κ1) is 23.1. The van der Waals surface area contributed by atoms with Crippen LogP contribution in [0.4, 0.5) is 0 Å². The van der Waals surface area contributed by atoms with Crippen molar-refractivity contribution in [3.05, 3.63) is 35.4 Å². The summed E-state index contributed by atoms with van der Waals surface area (Å²) in [4.78, 5) is 6.74. The van der Waals surface area contributed by atoms with Gasteiger partial charge in [0.15, 0.2) is 5.96 Å². The lowest BCUT2D eigenvalue weighted by molar-refractivity contribution is 0.0268. The molecule has 0 aromatic heterocycles. The van der Waals surface area contributed by atoms with Gasteiger partial charge in [-0.05, 0) is 25.0 Å². The van der Waals surface area contributed by atoms with Gasteiger partial charge in [-0.25, -0.2) is 0 Å². The molecule has 0 unspecified atom stereocenters. The molecular weight excluding hydrogens is 443 g/mol. The fraction of sp³-hybridized carbons (Fsp3) is 0.632. The zero-order chi connectivity index (χ0) is 18.1. The molecule has 2 N–H and O–H groups in total. The number of hydrogen-bond acceptors (Lipinski definition) is 4. The van der Waals surface area contributed by atoms with Crippen molar-refractivity contribution < 1.29 is 9.47 Å². The van der Waals surface area contributed by atoms with Gasteiger partial charge in [-0.1, -0.05) is 24.3 Å². The van der Waals surface area contributed by atoms with E-state index in [9.17, 15) is 0 Å². The van der Waals surface area contributed by atoms with E-state index in [1.54, 1.807) is 14.2 Å². The Bertz CT molecular complexity index is 560. The van der Waals surface area contributed by atoms with Crippen LogP contribution in [0, 0.1) is 0 Å². The van der Waals surface area contributed by atoms with Crippen LogP contribution >= 0.6 is 24.0 Å². The molecule has 1 fully saturated rings. The molecule has 0 bridgehead atoms. The number of ether oxygens (including phenoxy) is 2. The quantitative estimate of drug-likeness (QED) is 0.359. The highest BCUT2D eigenvalue weighted by atomic mass is 127. The van der Waals surface area contributed by atoms with Crippen molar-refractivity contribution in [3.63, 3.8) is 0 Å². The fourth-order valence-corrected chi connectivity index (χ4v) is 2.65. The summed E-state index contributed by atoms with van der Waals surface area (Å²) in [6.07, 6.45) is 0. The monoisotopic (exact) mass is 476 g/mol. The molecule has 0 saturated carbocycles. The molecule has 26 heavy (non-hydrogen) atoms. The number of morpholine rings is 1. The predicted molar refractivity (Wildman–Crippen MR) is 117 cm³/mol. The third-order valence-electron chi connectivity index (χ3n) is 4.52. The van der Waals surface area contributed by atoms with Crippen molar-refractivity contribution in [1.29, 1.82) is 0 Å². The SMILES string of the molecule is CN=C(NCc1ccccc1CN1CCOCC1)NCC(C)(C)OC.I. The summed E-state index contributed by atoms with van der Waals surface area (Å²) in [6, 6.07) is 8.57. The van der Waals surface area contributed by atoms with Gasteiger partial charge >= 0.3 is 0 Å². The molecular formula is C19H33IN4O2. The average molecular weight is 476 g/mol. The number of rotatable bonds is 7. The molecule has 1 saturated heterocycles. The van der Waals surface area contributed by atoms with Crippen LogP contribution in [-0.4, -0.2) is 63.5 Å². The lowest BCUT2D eigenvalue weighted by Crippen LogP contribution is -2.45. The number of nitrogens with zero attached hydrogens (tertiary/aromatic N) is 2. The molecule has 1 aliphatic rings. The third kappa shape index (κ3) is 7.77. The van der Waals surface area contributed by atoms with Crippen LogP contribution in [0.2, 0.25) is 0 Å². The van der Waals surface area contributed by atoms with Crippen LogP contribution in [0.25, 0.3) is 0 Å². The summed E-state index contributed by atoms with van der Waals surface area (Å²) < 4.78 is 10.9. The Balaban J connectivity index is 0.00000338. The van der Waals surface area contributed by atoms with Crippen LogP contribution in [0.3, 0.4) is 0 Å². The van der Waals surface area contributed by atoms with Crippen molar-refractivity contribution in [2.75, 3.05) is 47.0 Å². The fourth-order valence-electron chi connectivity index (χ4n) is 2.65. The topological polar surface area (TPSA) is 58.1 Å². The minimum absolute atomic E-state index is 0. The Hall–Kier alpha value is -0.900. The lowest BCUT2D eigenvalue weighted by atomic mass is 10.1.